The maximum Gasteiger partial charge on any atom is 0.252 e. The summed E-state index contributed by atoms with van der Waals surface area (Å²) in [4.78, 5) is 0. The second-order valence-corrected chi connectivity index (χ2v) is 7.12. The minimum absolute atomic E-state index is 0.0431. The Balaban J connectivity index is 2.24. The fourth-order valence-electron chi connectivity index (χ4n) is 1.86. The van der Waals surface area contributed by atoms with Gasteiger partial charge < -0.3 is 4.74 Å². The van der Waals surface area contributed by atoms with Gasteiger partial charge in [0.15, 0.2) is 0 Å². The fraction of sp³-hybridized carbons (Fsp3) is 0.600. The van der Waals surface area contributed by atoms with Gasteiger partial charge in [0.2, 0.25) is 0 Å². The van der Waals surface area contributed by atoms with Crippen molar-refractivity contribution in [1.82, 2.24) is 4.31 Å². The first-order valence-corrected chi connectivity index (χ1v) is 7.51. The van der Waals surface area contributed by atoms with Gasteiger partial charge in [-0.25, -0.2) is 8.42 Å². The van der Waals surface area contributed by atoms with Crippen LogP contribution in [0.15, 0.2) is 21.7 Å². The third kappa shape index (κ3) is 2.29. The van der Waals surface area contributed by atoms with Gasteiger partial charge in [0.1, 0.15) is 4.21 Å². The van der Waals surface area contributed by atoms with Gasteiger partial charge in [-0.15, -0.1) is 11.3 Å². The summed E-state index contributed by atoms with van der Waals surface area (Å²) in [6, 6.07) is 3.40. The molecule has 16 heavy (non-hydrogen) atoms. The van der Waals surface area contributed by atoms with Crippen molar-refractivity contribution in [3.8, 4) is 0 Å². The van der Waals surface area contributed by atoms with Crippen LogP contribution in [0.2, 0.25) is 0 Å². The normalized spacial score (nSPS) is 28.1. The number of hydrogen-bond acceptors (Lipinski definition) is 4. The predicted octanol–water partition coefficient (Wildman–Crippen LogP) is 1.55. The van der Waals surface area contributed by atoms with E-state index in [0.29, 0.717) is 17.3 Å². The molecule has 0 amide bonds. The van der Waals surface area contributed by atoms with Crippen LogP contribution in [-0.4, -0.2) is 38.0 Å². The van der Waals surface area contributed by atoms with Crippen molar-refractivity contribution in [2.75, 3.05) is 13.1 Å². The van der Waals surface area contributed by atoms with Gasteiger partial charge in [0.25, 0.3) is 10.0 Å². The highest BCUT2D eigenvalue weighted by molar-refractivity contribution is 7.91. The molecule has 2 atom stereocenters. The van der Waals surface area contributed by atoms with E-state index in [4.69, 9.17) is 4.74 Å². The predicted molar refractivity (Wildman–Crippen MR) is 63.1 cm³/mol. The Kier molecular flexibility index (Phi) is 3.34. The number of rotatable bonds is 2. The van der Waals surface area contributed by atoms with E-state index in [9.17, 15) is 8.42 Å². The Bertz CT molecular complexity index is 431. The third-order valence-corrected chi connectivity index (χ3v) is 5.68. The first kappa shape index (κ1) is 12.0. The molecular weight excluding hydrogens is 246 g/mol. The highest BCUT2D eigenvalue weighted by atomic mass is 32.2. The number of thiophene rings is 1. The Hall–Kier alpha value is -0.430. The van der Waals surface area contributed by atoms with Crippen LogP contribution in [-0.2, 0) is 14.8 Å². The van der Waals surface area contributed by atoms with Crippen LogP contribution >= 0.6 is 11.3 Å². The zero-order valence-electron chi connectivity index (χ0n) is 9.29. The van der Waals surface area contributed by atoms with Gasteiger partial charge in [0.05, 0.1) is 12.2 Å². The van der Waals surface area contributed by atoms with E-state index >= 15 is 0 Å². The van der Waals surface area contributed by atoms with Crippen LogP contribution in [0.25, 0.3) is 0 Å². The second-order valence-electron chi connectivity index (χ2n) is 4.01. The molecular formula is C10H15NO3S2. The summed E-state index contributed by atoms with van der Waals surface area (Å²) in [6.07, 6.45) is -0.0861. The van der Waals surface area contributed by atoms with Crippen LogP contribution in [0.5, 0.6) is 0 Å². The standard InChI is InChI=1S/C10H15NO3S2/c1-8-6-11(7-9(2)14-8)16(12,13)10-4-3-5-15-10/h3-5,8-9H,6-7H2,1-2H3/t8-,9-/m0/s1. The number of sulfonamides is 1. The topological polar surface area (TPSA) is 46.6 Å². The van der Waals surface area contributed by atoms with E-state index < -0.39 is 10.0 Å². The molecule has 1 aromatic rings. The monoisotopic (exact) mass is 261 g/mol. The lowest BCUT2D eigenvalue weighted by molar-refractivity contribution is -0.0440. The molecule has 0 bridgehead atoms. The first-order valence-electron chi connectivity index (χ1n) is 5.19. The molecule has 1 aliphatic rings. The minimum atomic E-state index is -3.31. The van der Waals surface area contributed by atoms with E-state index in [1.165, 1.54) is 15.6 Å². The zero-order chi connectivity index (χ0) is 11.8. The number of nitrogens with zero attached hydrogens (tertiary/aromatic N) is 1. The van der Waals surface area contributed by atoms with Crippen LogP contribution in [0.3, 0.4) is 0 Å². The number of ether oxygens (including phenoxy) is 1. The average molecular weight is 261 g/mol. The van der Waals surface area contributed by atoms with Crippen LogP contribution in [0.1, 0.15) is 13.8 Å². The Morgan fingerprint density at radius 1 is 1.38 bits per heavy atom. The maximum absolute atomic E-state index is 12.2. The quantitative estimate of drug-likeness (QED) is 0.811. The lowest BCUT2D eigenvalue weighted by Crippen LogP contribution is -2.47. The van der Waals surface area contributed by atoms with Gasteiger partial charge in [0, 0.05) is 13.1 Å². The largest absolute Gasteiger partial charge is 0.373 e. The molecule has 90 valence electrons. The van der Waals surface area contributed by atoms with Crippen LogP contribution < -0.4 is 0 Å². The maximum atomic E-state index is 12.2. The van der Waals surface area contributed by atoms with Gasteiger partial charge in [-0.2, -0.15) is 4.31 Å². The van der Waals surface area contributed by atoms with Gasteiger partial charge in [-0.05, 0) is 25.3 Å². The molecule has 1 saturated heterocycles. The Morgan fingerprint density at radius 2 is 2.00 bits per heavy atom. The van der Waals surface area contributed by atoms with Gasteiger partial charge >= 0.3 is 0 Å². The molecule has 0 aromatic carbocycles. The van der Waals surface area contributed by atoms with E-state index in [1.54, 1.807) is 17.5 Å². The average Bonchev–Trinajstić information content (AvgIpc) is 2.69. The summed E-state index contributed by atoms with van der Waals surface area (Å²) in [5, 5.41) is 1.78. The SMILES string of the molecule is C[C@H]1CN(S(=O)(=O)c2cccs2)C[C@H](C)O1. The van der Waals surface area contributed by atoms with E-state index in [2.05, 4.69) is 0 Å². The van der Waals surface area contributed by atoms with Gasteiger partial charge in [-0.1, -0.05) is 6.07 Å². The highest BCUT2D eigenvalue weighted by Gasteiger charge is 2.32. The summed E-state index contributed by atoms with van der Waals surface area (Å²) < 4.78 is 31.9. The molecule has 6 heteroatoms. The molecule has 1 aliphatic heterocycles. The van der Waals surface area contributed by atoms with E-state index in [-0.39, 0.29) is 12.2 Å². The molecule has 4 nitrogen and oxygen atoms in total. The van der Waals surface area contributed by atoms with Crippen LogP contribution in [0, 0.1) is 0 Å². The molecule has 0 aliphatic carbocycles. The summed E-state index contributed by atoms with van der Waals surface area (Å²) in [5.74, 6) is 0. The third-order valence-electron chi connectivity index (χ3n) is 2.48. The first-order chi connectivity index (χ1) is 7.50. The van der Waals surface area contributed by atoms with Crippen molar-refractivity contribution in [3.05, 3.63) is 17.5 Å². The fourth-order valence-corrected chi connectivity index (χ4v) is 4.60. The summed E-state index contributed by atoms with van der Waals surface area (Å²) in [5.41, 5.74) is 0. The van der Waals surface area contributed by atoms with Crippen LogP contribution in [0.4, 0.5) is 0 Å². The van der Waals surface area contributed by atoms with Crippen molar-refractivity contribution in [2.45, 2.75) is 30.3 Å². The minimum Gasteiger partial charge on any atom is -0.373 e. The smallest absolute Gasteiger partial charge is 0.252 e. The molecule has 0 radical (unpaired) electrons. The van der Waals surface area contributed by atoms with E-state index in [0.717, 1.165) is 0 Å². The molecule has 0 N–H and O–H groups in total. The molecule has 0 spiro atoms. The lowest BCUT2D eigenvalue weighted by Gasteiger charge is -2.34. The zero-order valence-corrected chi connectivity index (χ0v) is 10.9. The molecule has 0 unspecified atom stereocenters. The molecule has 2 heterocycles. The van der Waals surface area contributed by atoms with Crippen molar-refractivity contribution in [2.24, 2.45) is 0 Å². The molecule has 1 aromatic heterocycles. The van der Waals surface area contributed by atoms with Crippen molar-refractivity contribution in [1.29, 1.82) is 0 Å². The summed E-state index contributed by atoms with van der Waals surface area (Å²) in [6.45, 7) is 4.66. The molecule has 2 rings (SSSR count). The number of hydrogen-bond donors (Lipinski definition) is 0. The Morgan fingerprint density at radius 3 is 2.50 bits per heavy atom. The molecule has 1 fully saturated rings. The van der Waals surface area contributed by atoms with Gasteiger partial charge in [-0.3, -0.25) is 0 Å². The van der Waals surface area contributed by atoms with E-state index in [1.807, 2.05) is 13.8 Å². The summed E-state index contributed by atoms with van der Waals surface area (Å²) >= 11 is 1.26. The van der Waals surface area contributed by atoms with Crippen molar-refractivity contribution in [3.63, 3.8) is 0 Å². The Labute approximate surface area is 99.9 Å². The second kappa shape index (κ2) is 4.44. The summed E-state index contributed by atoms with van der Waals surface area (Å²) in [7, 11) is -3.31. The van der Waals surface area contributed by atoms with Crippen molar-refractivity contribution >= 4 is 21.4 Å². The lowest BCUT2D eigenvalue weighted by atomic mass is 10.3. The highest BCUT2D eigenvalue weighted by Crippen LogP contribution is 2.24. The van der Waals surface area contributed by atoms with Crippen molar-refractivity contribution < 1.29 is 13.2 Å². The molecule has 0 saturated carbocycles. The number of morpholine rings is 1.